The Morgan fingerprint density at radius 3 is 2.57 bits per heavy atom. The Labute approximate surface area is 134 Å². The van der Waals surface area contributed by atoms with Gasteiger partial charge in [-0.1, -0.05) is 71.7 Å². The van der Waals surface area contributed by atoms with Gasteiger partial charge in [-0.05, 0) is 29.7 Å². The molecule has 0 aliphatic rings. The molecule has 1 amide bonds. The summed E-state index contributed by atoms with van der Waals surface area (Å²) in [5.74, 6) is 0.0337. The van der Waals surface area contributed by atoms with E-state index in [0.29, 0.717) is 6.54 Å². The Bertz CT molecular complexity index is 583. The fourth-order valence-electron chi connectivity index (χ4n) is 2.38. The van der Waals surface area contributed by atoms with E-state index in [1.807, 2.05) is 54.6 Å². The van der Waals surface area contributed by atoms with Crippen molar-refractivity contribution in [3.63, 3.8) is 0 Å². The number of hydrogen-bond donors (Lipinski definition) is 1. The van der Waals surface area contributed by atoms with Gasteiger partial charge in [-0.2, -0.15) is 0 Å². The van der Waals surface area contributed by atoms with Gasteiger partial charge in [-0.3, -0.25) is 4.79 Å². The molecule has 110 valence electrons. The molecule has 0 aliphatic carbocycles. The van der Waals surface area contributed by atoms with Crippen molar-refractivity contribution in [2.45, 2.75) is 32.2 Å². The molecule has 0 heterocycles. The van der Waals surface area contributed by atoms with Crippen molar-refractivity contribution in [3.05, 3.63) is 70.2 Å². The van der Waals surface area contributed by atoms with E-state index >= 15 is 0 Å². The number of nitrogens with one attached hydrogen (secondary N) is 1. The highest BCUT2D eigenvalue weighted by atomic mass is 79.9. The Hall–Kier alpha value is -1.61. The van der Waals surface area contributed by atoms with Crippen LogP contribution in [-0.4, -0.2) is 5.91 Å². The number of benzene rings is 2. The monoisotopic (exact) mass is 345 g/mol. The molecular weight excluding hydrogens is 326 g/mol. The zero-order valence-corrected chi connectivity index (χ0v) is 13.8. The van der Waals surface area contributed by atoms with Crippen LogP contribution in [0.5, 0.6) is 0 Å². The maximum absolute atomic E-state index is 12.5. The molecule has 3 heteroatoms. The Morgan fingerprint density at radius 1 is 1.14 bits per heavy atom. The summed E-state index contributed by atoms with van der Waals surface area (Å²) >= 11 is 3.45. The Kier molecular flexibility index (Phi) is 6.00. The van der Waals surface area contributed by atoms with Gasteiger partial charge in [0.25, 0.3) is 0 Å². The van der Waals surface area contributed by atoms with E-state index < -0.39 is 0 Å². The van der Waals surface area contributed by atoms with Crippen LogP contribution in [0.4, 0.5) is 0 Å². The van der Waals surface area contributed by atoms with E-state index in [9.17, 15) is 4.79 Å². The van der Waals surface area contributed by atoms with Crippen LogP contribution in [0, 0.1) is 0 Å². The molecule has 0 aliphatic heterocycles. The van der Waals surface area contributed by atoms with Crippen LogP contribution in [0.25, 0.3) is 0 Å². The lowest BCUT2D eigenvalue weighted by molar-refractivity contribution is -0.122. The highest BCUT2D eigenvalue weighted by Gasteiger charge is 2.18. The molecule has 0 radical (unpaired) electrons. The first-order valence-corrected chi connectivity index (χ1v) is 8.07. The summed E-state index contributed by atoms with van der Waals surface area (Å²) in [5, 5.41) is 3.05. The van der Waals surface area contributed by atoms with E-state index in [1.165, 1.54) is 0 Å². The summed E-state index contributed by atoms with van der Waals surface area (Å²) in [6.45, 7) is 2.67. The van der Waals surface area contributed by atoms with Crippen molar-refractivity contribution >= 4 is 21.8 Å². The van der Waals surface area contributed by atoms with Gasteiger partial charge in [0.15, 0.2) is 0 Å². The molecule has 0 fully saturated rings. The second-order valence-corrected chi connectivity index (χ2v) is 6.02. The number of hydrogen-bond acceptors (Lipinski definition) is 1. The quantitative estimate of drug-likeness (QED) is 0.811. The van der Waals surface area contributed by atoms with Gasteiger partial charge in [0.2, 0.25) is 5.91 Å². The molecule has 2 nitrogen and oxygen atoms in total. The van der Waals surface area contributed by atoms with Crippen molar-refractivity contribution < 1.29 is 4.79 Å². The molecule has 0 saturated carbocycles. The van der Waals surface area contributed by atoms with Gasteiger partial charge in [-0.15, -0.1) is 0 Å². The third-order valence-corrected chi connectivity index (χ3v) is 3.94. The van der Waals surface area contributed by atoms with Crippen molar-refractivity contribution in [1.29, 1.82) is 0 Å². The molecule has 1 N–H and O–H groups in total. The summed E-state index contributed by atoms with van der Waals surface area (Å²) < 4.78 is 1.03. The zero-order valence-electron chi connectivity index (χ0n) is 12.2. The average Bonchev–Trinajstić information content (AvgIpc) is 2.51. The molecule has 2 rings (SSSR count). The number of rotatable bonds is 6. The van der Waals surface area contributed by atoms with E-state index in [2.05, 4.69) is 28.2 Å². The van der Waals surface area contributed by atoms with E-state index in [4.69, 9.17) is 0 Å². The summed E-state index contributed by atoms with van der Waals surface area (Å²) in [6.07, 6.45) is 1.86. The summed E-state index contributed by atoms with van der Waals surface area (Å²) in [4.78, 5) is 12.5. The normalized spacial score (nSPS) is 11.9. The molecular formula is C18H20BrNO. The summed E-state index contributed by atoms with van der Waals surface area (Å²) in [6, 6.07) is 18.0. The molecule has 0 spiro atoms. The van der Waals surface area contributed by atoms with Crippen molar-refractivity contribution in [2.24, 2.45) is 0 Å². The summed E-state index contributed by atoms with van der Waals surface area (Å²) in [7, 11) is 0. The summed E-state index contributed by atoms with van der Waals surface area (Å²) in [5.41, 5.74) is 2.19. The lowest BCUT2D eigenvalue weighted by atomic mass is 9.93. The number of carbonyl (C=O) groups excluding carboxylic acids is 1. The van der Waals surface area contributed by atoms with Gasteiger partial charge in [0.1, 0.15) is 0 Å². The van der Waals surface area contributed by atoms with Crippen LogP contribution in [0.3, 0.4) is 0 Å². The Balaban J connectivity index is 2.02. The van der Waals surface area contributed by atoms with Crippen molar-refractivity contribution in [1.82, 2.24) is 5.32 Å². The molecule has 0 aromatic heterocycles. The van der Waals surface area contributed by atoms with Crippen molar-refractivity contribution in [3.8, 4) is 0 Å². The predicted octanol–water partition coefficient (Wildman–Crippen LogP) is 4.65. The minimum absolute atomic E-state index is 0.0663. The van der Waals surface area contributed by atoms with Gasteiger partial charge in [-0.25, -0.2) is 0 Å². The van der Waals surface area contributed by atoms with Crippen LogP contribution < -0.4 is 5.32 Å². The van der Waals surface area contributed by atoms with Gasteiger partial charge in [0, 0.05) is 11.0 Å². The molecule has 1 unspecified atom stereocenters. The molecule has 1 atom stereocenters. The second-order valence-electron chi connectivity index (χ2n) is 5.10. The van der Waals surface area contributed by atoms with Crippen LogP contribution in [0.2, 0.25) is 0 Å². The predicted molar refractivity (Wildman–Crippen MR) is 90.1 cm³/mol. The van der Waals surface area contributed by atoms with E-state index in [0.717, 1.165) is 28.4 Å². The standard InChI is InChI=1S/C18H20BrNO/c1-2-7-17(15-9-4-3-5-10-15)18(21)20-13-14-8-6-11-16(19)12-14/h3-6,8-12,17H,2,7,13H2,1H3,(H,20,21). The minimum Gasteiger partial charge on any atom is -0.351 e. The lowest BCUT2D eigenvalue weighted by Gasteiger charge is -2.16. The van der Waals surface area contributed by atoms with Crippen LogP contribution in [-0.2, 0) is 11.3 Å². The minimum atomic E-state index is -0.0663. The third kappa shape index (κ3) is 4.71. The fourth-order valence-corrected chi connectivity index (χ4v) is 2.83. The third-order valence-electron chi connectivity index (χ3n) is 3.45. The fraction of sp³-hybridized carbons (Fsp3) is 0.278. The topological polar surface area (TPSA) is 29.1 Å². The van der Waals surface area contributed by atoms with Gasteiger partial charge >= 0.3 is 0 Å². The molecule has 2 aromatic carbocycles. The number of carbonyl (C=O) groups is 1. The first-order chi connectivity index (χ1) is 10.2. The maximum Gasteiger partial charge on any atom is 0.227 e. The SMILES string of the molecule is CCCC(C(=O)NCc1cccc(Br)c1)c1ccccc1. The highest BCUT2D eigenvalue weighted by Crippen LogP contribution is 2.21. The molecule has 0 saturated heterocycles. The maximum atomic E-state index is 12.5. The first-order valence-electron chi connectivity index (χ1n) is 7.27. The average molecular weight is 346 g/mol. The highest BCUT2D eigenvalue weighted by molar-refractivity contribution is 9.10. The largest absolute Gasteiger partial charge is 0.351 e. The van der Waals surface area contributed by atoms with E-state index in [-0.39, 0.29) is 11.8 Å². The Morgan fingerprint density at radius 2 is 1.90 bits per heavy atom. The molecule has 0 bridgehead atoms. The second kappa shape index (κ2) is 7.99. The first kappa shape index (κ1) is 15.8. The molecule has 21 heavy (non-hydrogen) atoms. The smallest absolute Gasteiger partial charge is 0.227 e. The zero-order chi connectivity index (χ0) is 15.1. The number of amides is 1. The van der Waals surface area contributed by atoms with Gasteiger partial charge < -0.3 is 5.32 Å². The van der Waals surface area contributed by atoms with Crippen LogP contribution in [0.15, 0.2) is 59.1 Å². The number of halogens is 1. The van der Waals surface area contributed by atoms with Gasteiger partial charge in [0.05, 0.1) is 5.92 Å². The van der Waals surface area contributed by atoms with Crippen LogP contribution >= 0.6 is 15.9 Å². The molecule has 2 aromatic rings. The van der Waals surface area contributed by atoms with Crippen LogP contribution in [0.1, 0.15) is 36.8 Å². The lowest BCUT2D eigenvalue weighted by Crippen LogP contribution is -2.29. The van der Waals surface area contributed by atoms with E-state index in [1.54, 1.807) is 0 Å². The van der Waals surface area contributed by atoms with Crippen molar-refractivity contribution in [2.75, 3.05) is 0 Å².